The molecular formula is C12H15FN2O4. The third-order valence-corrected chi connectivity index (χ3v) is 2.33. The largest absolute Gasteiger partial charge is 0.466 e. The van der Waals surface area contributed by atoms with Gasteiger partial charge in [0.15, 0.2) is 0 Å². The van der Waals surface area contributed by atoms with Gasteiger partial charge in [-0.3, -0.25) is 14.9 Å². The second-order valence-corrected chi connectivity index (χ2v) is 3.75. The fourth-order valence-electron chi connectivity index (χ4n) is 1.49. The molecule has 0 spiro atoms. The molecule has 0 amide bonds. The number of anilines is 1. The molecule has 0 aliphatic carbocycles. The van der Waals surface area contributed by atoms with Gasteiger partial charge in [-0.1, -0.05) is 0 Å². The van der Waals surface area contributed by atoms with Gasteiger partial charge in [0.25, 0.3) is 5.69 Å². The number of benzene rings is 1. The molecule has 104 valence electrons. The lowest BCUT2D eigenvalue weighted by Gasteiger charge is -2.07. The molecule has 1 rings (SSSR count). The Labute approximate surface area is 109 Å². The van der Waals surface area contributed by atoms with Gasteiger partial charge in [0.1, 0.15) is 11.5 Å². The van der Waals surface area contributed by atoms with Gasteiger partial charge in [-0.15, -0.1) is 0 Å². The predicted molar refractivity (Wildman–Crippen MR) is 67.4 cm³/mol. The maximum Gasteiger partial charge on any atom is 0.305 e. The van der Waals surface area contributed by atoms with Crippen LogP contribution in [-0.4, -0.2) is 24.0 Å². The van der Waals surface area contributed by atoms with Gasteiger partial charge in [0, 0.05) is 13.0 Å². The van der Waals surface area contributed by atoms with Crippen LogP contribution in [0.3, 0.4) is 0 Å². The van der Waals surface area contributed by atoms with Crippen molar-refractivity contribution in [2.75, 3.05) is 18.5 Å². The Morgan fingerprint density at radius 3 is 2.89 bits per heavy atom. The number of nitrogens with one attached hydrogen (secondary N) is 1. The molecule has 0 radical (unpaired) electrons. The number of carbonyl (C=O) groups excluding carboxylic acids is 1. The third-order valence-electron chi connectivity index (χ3n) is 2.33. The van der Waals surface area contributed by atoms with E-state index in [4.69, 9.17) is 4.74 Å². The quantitative estimate of drug-likeness (QED) is 0.356. The van der Waals surface area contributed by atoms with Crippen molar-refractivity contribution in [2.24, 2.45) is 0 Å². The monoisotopic (exact) mass is 270 g/mol. The van der Waals surface area contributed by atoms with E-state index in [2.05, 4.69) is 5.32 Å². The van der Waals surface area contributed by atoms with E-state index in [0.29, 0.717) is 19.6 Å². The summed E-state index contributed by atoms with van der Waals surface area (Å²) >= 11 is 0. The van der Waals surface area contributed by atoms with Crippen molar-refractivity contribution in [1.29, 1.82) is 0 Å². The molecule has 1 aromatic rings. The lowest BCUT2D eigenvalue weighted by Crippen LogP contribution is -2.09. The van der Waals surface area contributed by atoms with E-state index in [1.165, 1.54) is 6.07 Å². The van der Waals surface area contributed by atoms with Crippen LogP contribution in [0, 0.1) is 15.9 Å². The Hall–Kier alpha value is -2.18. The number of nitro benzene ring substituents is 1. The Bertz CT molecular complexity index is 465. The van der Waals surface area contributed by atoms with Crippen LogP contribution in [-0.2, 0) is 9.53 Å². The number of esters is 1. The minimum Gasteiger partial charge on any atom is -0.466 e. The first kappa shape index (κ1) is 14.9. The van der Waals surface area contributed by atoms with E-state index in [1.807, 2.05) is 0 Å². The highest BCUT2D eigenvalue weighted by molar-refractivity contribution is 5.69. The molecule has 0 atom stereocenters. The average molecular weight is 270 g/mol. The van der Waals surface area contributed by atoms with E-state index in [-0.39, 0.29) is 23.8 Å². The van der Waals surface area contributed by atoms with Crippen molar-refractivity contribution in [3.63, 3.8) is 0 Å². The first-order valence-electron chi connectivity index (χ1n) is 5.88. The highest BCUT2D eigenvalue weighted by atomic mass is 19.1. The summed E-state index contributed by atoms with van der Waals surface area (Å²) in [6.07, 6.45) is 0.712. The number of nitro groups is 1. The number of nitrogens with zero attached hydrogens (tertiary/aromatic N) is 1. The molecule has 6 nitrogen and oxygen atoms in total. The van der Waals surface area contributed by atoms with Crippen molar-refractivity contribution in [3.8, 4) is 0 Å². The van der Waals surface area contributed by atoms with Gasteiger partial charge >= 0.3 is 5.97 Å². The van der Waals surface area contributed by atoms with Gasteiger partial charge < -0.3 is 10.1 Å². The van der Waals surface area contributed by atoms with Crippen LogP contribution in [0.25, 0.3) is 0 Å². The van der Waals surface area contributed by atoms with Gasteiger partial charge in [0.2, 0.25) is 0 Å². The number of ether oxygens (including phenoxy) is 1. The molecule has 0 aliphatic heterocycles. The van der Waals surface area contributed by atoms with E-state index < -0.39 is 10.7 Å². The summed E-state index contributed by atoms with van der Waals surface area (Å²) in [5.41, 5.74) is -0.0913. The van der Waals surface area contributed by atoms with Crippen LogP contribution in [0.4, 0.5) is 15.8 Å². The van der Waals surface area contributed by atoms with Gasteiger partial charge in [-0.25, -0.2) is 4.39 Å². The summed E-state index contributed by atoms with van der Waals surface area (Å²) in [5.74, 6) is -0.971. The van der Waals surface area contributed by atoms with E-state index in [9.17, 15) is 19.3 Å². The van der Waals surface area contributed by atoms with Gasteiger partial charge in [0.05, 0.1) is 17.6 Å². The fourth-order valence-corrected chi connectivity index (χ4v) is 1.49. The zero-order chi connectivity index (χ0) is 14.3. The molecule has 1 aromatic carbocycles. The van der Waals surface area contributed by atoms with Crippen molar-refractivity contribution < 1.29 is 18.8 Å². The zero-order valence-corrected chi connectivity index (χ0v) is 10.5. The van der Waals surface area contributed by atoms with Crippen LogP contribution in [0.5, 0.6) is 0 Å². The van der Waals surface area contributed by atoms with Gasteiger partial charge in [-0.05, 0) is 25.5 Å². The highest BCUT2D eigenvalue weighted by Crippen LogP contribution is 2.24. The van der Waals surface area contributed by atoms with Crippen molar-refractivity contribution in [1.82, 2.24) is 0 Å². The molecule has 19 heavy (non-hydrogen) atoms. The second kappa shape index (κ2) is 7.30. The minimum absolute atomic E-state index is 0.232. The van der Waals surface area contributed by atoms with Crippen LogP contribution >= 0.6 is 0 Å². The van der Waals surface area contributed by atoms with Crippen LogP contribution in [0.1, 0.15) is 19.8 Å². The van der Waals surface area contributed by atoms with Crippen molar-refractivity contribution in [3.05, 3.63) is 34.1 Å². The number of hydrogen-bond acceptors (Lipinski definition) is 5. The Morgan fingerprint density at radius 1 is 1.53 bits per heavy atom. The summed E-state index contributed by atoms with van der Waals surface area (Å²) in [5, 5.41) is 13.5. The van der Waals surface area contributed by atoms with E-state index >= 15 is 0 Å². The maximum atomic E-state index is 12.9. The smallest absolute Gasteiger partial charge is 0.305 e. The lowest BCUT2D eigenvalue weighted by atomic mass is 10.2. The predicted octanol–water partition coefficient (Wildman–Crippen LogP) is 2.49. The zero-order valence-electron chi connectivity index (χ0n) is 10.5. The maximum absolute atomic E-state index is 12.9. The first-order chi connectivity index (χ1) is 9.04. The topological polar surface area (TPSA) is 81.5 Å². The van der Waals surface area contributed by atoms with E-state index in [0.717, 1.165) is 12.1 Å². The molecule has 7 heteroatoms. The number of halogens is 1. The Balaban J connectivity index is 2.49. The normalized spacial score (nSPS) is 10.0. The lowest BCUT2D eigenvalue weighted by molar-refractivity contribution is -0.384. The van der Waals surface area contributed by atoms with Crippen LogP contribution < -0.4 is 5.32 Å². The summed E-state index contributed by atoms with van der Waals surface area (Å²) < 4.78 is 17.6. The summed E-state index contributed by atoms with van der Waals surface area (Å²) in [6.45, 7) is 2.42. The Morgan fingerprint density at radius 2 is 2.26 bits per heavy atom. The van der Waals surface area contributed by atoms with Crippen LogP contribution in [0.15, 0.2) is 18.2 Å². The molecule has 0 bridgehead atoms. The Kier molecular flexibility index (Phi) is 5.72. The van der Waals surface area contributed by atoms with Gasteiger partial charge in [-0.2, -0.15) is 0 Å². The molecule has 0 heterocycles. The van der Waals surface area contributed by atoms with Crippen molar-refractivity contribution >= 4 is 17.3 Å². The van der Waals surface area contributed by atoms with E-state index in [1.54, 1.807) is 6.92 Å². The minimum atomic E-state index is -0.663. The highest BCUT2D eigenvalue weighted by Gasteiger charge is 2.14. The molecule has 0 saturated carbocycles. The summed E-state index contributed by atoms with van der Waals surface area (Å²) in [7, 11) is 0. The second-order valence-electron chi connectivity index (χ2n) is 3.75. The third kappa shape index (κ3) is 4.90. The number of hydrogen-bond donors (Lipinski definition) is 1. The molecule has 0 unspecified atom stereocenters. The molecule has 0 aromatic heterocycles. The molecule has 0 fully saturated rings. The van der Waals surface area contributed by atoms with Crippen molar-refractivity contribution in [2.45, 2.75) is 19.8 Å². The number of carbonyl (C=O) groups is 1. The molecule has 0 saturated heterocycles. The molecule has 1 N–H and O–H groups in total. The number of rotatable bonds is 7. The summed E-state index contributed by atoms with van der Waals surface area (Å²) in [4.78, 5) is 21.1. The average Bonchev–Trinajstić information content (AvgIpc) is 2.36. The molecular weight excluding hydrogens is 255 g/mol. The standard InChI is InChI=1S/C12H15FN2O4/c1-2-19-12(16)4-3-7-14-10-6-5-9(13)8-11(10)15(17)18/h5-6,8,14H,2-4,7H2,1H3. The molecule has 0 aliphatic rings. The summed E-state index contributed by atoms with van der Waals surface area (Å²) in [6, 6.07) is 3.30. The first-order valence-corrected chi connectivity index (χ1v) is 5.88. The van der Waals surface area contributed by atoms with Crippen LogP contribution in [0.2, 0.25) is 0 Å². The SMILES string of the molecule is CCOC(=O)CCCNc1ccc(F)cc1[N+](=O)[O-]. The fraction of sp³-hybridized carbons (Fsp3) is 0.417.